The first-order valence-electron chi connectivity index (χ1n) is 18.4. The molecule has 9 nitrogen and oxygen atoms in total. The van der Waals surface area contributed by atoms with E-state index in [0.717, 1.165) is 55.4 Å². The van der Waals surface area contributed by atoms with E-state index in [2.05, 4.69) is 22.8 Å². The molecule has 1 saturated heterocycles. The number of piperidine rings is 1. The first-order chi connectivity index (χ1) is 24.7. The van der Waals surface area contributed by atoms with E-state index in [1.54, 1.807) is 0 Å². The van der Waals surface area contributed by atoms with E-state index in [1.807, 2.05) is 85.5 Å². The lowest BCUT2D eigenvalue weighted by atomic mass is 9.94. The van der Waals surface area contributed by atoms with Crippen molar-refractivity contribution in [3.05, 3.63) is 101 Å². The Morgan fingerprint density at radius 3 is 2.31 bits per heavy atom. The van der Waals surface area contributed by atoms with Crippen LogP contribution in [-0.4, -0.2) is 67.4 Å². The first kappa shape index (κ1) is 39.3. The highest BCUT2D eigenvalue weighted by molar-refractivity contribution is 5.92. The van der Waals surface area contributed by atoms with E-state index < -0.39 is 6.04 Å². The molecule has 3 atom stereocenters. The summed E-state index contributed by atoms with van der Waals surface area (Å²) in [5, 5.41) is 5.83. The van der Waals surface area contributed by atoms with E-state index in [1.165, 1.54) is 18.1 Å². The van der Waals surface area contributed by atoms with Crippen LogP contribution in [0.2, 0.25) is 0 Å². The van der Waals surface area contributed by atoms with Crippen molar-refractivity contribution in [1.29, 1.82) is 0 Å². The van der Waals surface area contributed by atoms with E-state index >= 15 is 0 Å². The van der Waals surface area contributed by atoms with Gasteiger partial charge in [-0.05, 0) is 92.7 Å². The number of likely N-dealkylation sites (tertiary alicyclic amines) is 1. The highest BCUT2D eigenvalue weighted by atomic mass is 16.5. The second kappa shape index (κ2) is 21.0. The second-order valence-electron chi connectivity index (χ2n) is 13.7. The SMILES string of the molecule is CC(=O)[C@H](CC(=O)N1CCCC(CCOc2ccc(C)c(CNC(=O)[C@@H](C)CCc3ccccc3)c2)C1)NC(=O)CCOCCc1ccccc1. The third-order valence-electron chi connectivity index (χ3n) is 9.65. The first-order valence-corrected chi connectivity index (χ1v) is 18.4. The maximum absolute atomic E-state index is 13.2. The summed E-state index contributed by atoms with van der Waals surface area (Å²) in [6.45, 7) is 8.37. The molecule has 51 heavy (non-hydrogen) atoms. The molecule has 9 heteroatoms. The van der Waals surface area contributed by atoms with Gasteiger partial charge in [-0.3, -0.25) is 19.2 Å². The normalized spacial score (nSPS) is 15.4. The number of carbonyl (C=O) groups is 4. The molecule has 0 saturated carbocycles. The van der Waals surface area contributed by atoms with Crippen molar-refractivity contribution in [2.75, 3.05) is 32.9 Å². The molecule has 2 N–H and O–H groups in total. The average molecular weight is 698 g/mol. The van der Waals surface area contributed by atoms with Gasteiger partial charge in [0.1, 0.15) is 5.75 Å². The molecule has 0 aromatic heterocycles. The van der Waals surface area contributed by atoms with Crippen molar-refractivity contribution in [2.45, 2.75) is 84.7 Å². The monoisotopic (exact) mass is 697 g/mol. The van der Waals surface area contributed by atoms with Crippen molar-refractivity contribution in [3.8, 4) is 5.75 Å². The fraction of sp³-hybridized carbons (Fsp3) is 0.476. The Balaban J connectivity index is 1.15. The topological polar surface area (TPSA) is 114 Å². The number of Topliss-reactive ketones (excluding diaryl/α,β-unsaturated/α-hetero) is 1. The highest BCUT2D eigenvalue weighted by Gasteiger charge is 2.28. The number of rotatable bonds is 20. The quantitative estimate of drug-likeness (QED) is 0.140. The lowest BCUT2D eigenvalue weighted by Crippen LogP contribution is -2.46. The van der Waals surface area contributed by atoms with E-state index in [0.29, 0.717) is 32.8 Å². The zero-order valence-corrected chi connectivity index (χ0v) is 30.5. The molecule has 1 aliphatic rings. The molecule has 3 aromatic carbocycles. The van der Waals surface area contributed by atoms with Gasteiger partial charge < -0.3 is 25.0 Å². The summed E-state index contributed by atoms with van der Waals surface area (Å²) in [5.41, 5.74) is 4.52. The fourth-order valence-electron chi connectivity index (χ4n) is 6.28. The molecular weight excluding hydrogens is 642 g/mol. The zero-order chi connectivity index (χ0) is 36.4. The van der Waals surface area contributed by atoms with Gasteiger partial charge in [-0.2, -0.15) is 0 Å². The Morgan fingerprint density at radius 2 is 1.61 bits per heavy atom. The Hall–Kier alpha value is -4.50. The molecular formula is C42H55N3O6. The van der Waals surface area contributed by atoms with Gasteiger partial charge in [0.05, 0.1) is 32.3 Å². The van der Waals surface area contributed by atoms with Gasteiger partial charge in [-0.15, -0.1) is 0 Å². The van der Waals surface area contributed by atoms with Gasteiger partial charge >= 0.3 is 0 Å². The number of aryl methyl sites for hydroxylation is 2. The molecule has 1 heterocycles. The Labute approximate surface area is 303 Å². The third-order valence-corrected chi connectivity index (χ3v) is 9.65. The number of benzene rings is 3. The zero-order valence-electron chi connectivity index (χ0n) is 30.5. The molecule has 274 valence electrons. The predicted molar refractivity (Wildman–Crippen MR) is 199 cm³/mol. The van der Waals surface area contributed by atoms with Gasteiger partial charge in [0.2, 0.25) is 17.7 Å². The van der Waals surface area contributed by atoms with Crippen LogP contribution in [-0.2, 0) is 43.3 Å². The van der Waals surface area contributed by atoms with Crippen molar-refractivity contribution in [2.24, 2.45) is 11.8 Å². The summed E-state index contributed by atoms with van der Waals surface area (Å²) in [7, 11) is 0. The summed E-state index contributed by atoms with van der Waals surface area (Å²) in [5.74, 6) is 0.337. The molecule has 0 spiro atoms. The van der Waals surface area contributed by atoms with Crippen LogP contribution in [0, 0.1) is 18.8 Å². The number of ketones is 1. The molecule has 3 aromatic rings. The van der Waals surface area contributed by atoms with Gasteiger partial charge in [-0.1, -0.05) is 73.7 Å². The summed E-state index contributed by atoms with van der Waals surface area (Å²) >= 11 is 0. The molecule has 0 bridgehead atoms. The van der Waals surface area contributed by atoms with Crippen molar-refractivity contribution < 1.29 is 28.7 Å². The smallest absolute Gasteiger partial charge is 0.225 e. The molecule has 1 fully saturated rings. The Morgan fingerprint density at radius 1 is 0.902 bits per heavy atom. The van der Waals surface area contributed by atoms with E-state index in [-0.39, 0.29) is 54.8 Å². The number of hydrogen-bond donors (Lipinski definition) is 2. The number of nitrogens with zero attached hydrogens (tertiary/aromatic N) is 1. The van der Waals surface area contributed by atoms with E-state index in [4.69, 9.17) is 9.47 Å². The average Bonchev–Trinajstić information content (AvgIpc) is 3.14. The van der Waals surface area contributed by atoms with Crippen LogP contribution in [0.15, 0.2) is 78.9 Å². The number of ether oxygens (including phenoxy) is 2. The Bertz CT molecular complexity index is 1550. The lowest BCUT2D eigenvalue weighted by Gasteiger charge is -2.33. The Kier molecular flexibility index (Phi) is 16.2. The predicted octanol–water partition coefficient (Wildman–Crippen LogP) is 6.00. The fourth-order valence-corrected chi connectivity index (χ4v) is 6.28. The van der Waals surface area contributed by atoms with Gasteiger partial charge in [0.25, 0.3) is 0 Å². The van der Waals surface area contributed by atoms with Crippen LogP contribution >= 0.6 is 0 Å². The minimum atomic E-state index is -0.851. The summed E-state index contributed by atoms with van der Waals surface area (Å²) < 4.78 is 11.7. The van der Waals surface area contributed by atoms with Crippen LogP contribution in [0.1, 0.15) is 74.6 Å². The van der Waals surface area contributed by atoms with Gasteiger partial charge in [0, 0.05) is 32.0 Å². The molecule has 4 rings (SSSR count). The molecule has 3 amide bonds. The standard InChI is InChI=1S/C42H55N3O6/c1-31-17-19-38(27-37(31)29-43-42(49)32(2)16-18-34-11-6-4-7-12-34)51-26-21-36-15-10-23-45(30-36)41(48)28-39(33(3)46)44-40(47)22-25-50-24-20-35-13-8-5-9-14-35/h4-9,11-14,17,19,27,32,36,39H,10,15-16,18,20-26,28-30H2,1-3H3,(H,43,49)(H,44,47)/t32-,36?,39-/m0/s1. The van der Waals surface area contributed by atoms with Crippen LogP contribution in [0.25, 0.3) is 0 Å². The minimum absolute atomic E-state index is 0.0461. The van der Waals surface area contributed by atoms with Crippen LogP contribution in [0.5, 0.6) is 5.75 Å². The van der Waals surface area contributed by atoms with E-state index in [9.17, 15) is 19.2 Å². The van der Waals surface area contributed by atoms with Crippen molar-refractivity contribution >= 4 is 23.5 Å². The summed E-state index contributed by atoms with van der Waals surface area (Å²) in [4.78, 5) is 52.7. The maximum atomic E-state index is 13.2. The van der Waals surface area contributed by atoms with Crippen molar-refractivity contribution in [1.82, 2.24) is 15.5 Å². The summed E-state index contributed by atoms with van der Waals surface area (Å²) in [6.07, 6.45) is 5.18. The highest BCUT2D eigenvalue weighted by Crippen LogP contribution is 2.23. The largest absolute Gasteiger partial charge is 0.494 e. The van der Waals surface area contributed by atoms with Gasteiger partial charge in [-0.25, -0.2) is 0 Å². The number of nitrogens with one attached hydrogen (secondary N) is 2. The second-order valence-corrected chi connectivity index (χ2v) is 13.7. The molecule has 1 aliphatic heterocycles. The summed E-state index contributed by atoms with van der Waals surface area (Å²) in [6, 6.07) is 25.3. The molecule has 1 unspecified atom stereocenters. The van der Waals surface area contributed by atoms with Gasteiger partial charge in [0.15, 0.2) is 5.78 Å². The molecule has 0 radical (unpaired) electrons. The number of amides is 3. The maximum Gasteiger partial charge on any atom is 0.225 e. The van der Waals surface area contributed by atoms with Crippen LogP contribution in [0.4, 0.5) is 0 Å². The van der Waals surface area contributed by atoms with Crippen LogP contribution in [0.3, 0.4) is 0 Å². The minimum Gasteiger partial charge on any atom is -0.494 e. The van der Waals surface area contributed by atoms with Crippen molar-refractivity contribution in [3.63, 3.8) is 0 Å². The number of hydrogen-bond acceptors (Lipinski definition) is 6. The van der Waals surface area contributed by atoms with Crippen LogP contribution < -0.4 is 15.4 Å². The lowest BCUT2D eigenvalue weighted by molar-refractivity contribution is -0.136. The molecule has 0 aliphatic carbocycles. The third kappa shape index (κ3) is 14.0. The number of carbonyl (C=O) groups excluding carboxylic acids is 4.